The minimum absolute atomic E-state index is 0.423. The lowest BCUT2D eigenvalue weighted by Gasteiger charge is -2.08. The molecular weight excluding hydrogens is 292 g/mol. The topological polar surface area (TPSA) is 58.2 Å². The normalized spacial score (nSPS) is 12.2. The number of hydrogen-bond acceptors (Lipinski definition) is 4. The number of nitrogens with one attached hydrogen (secondary N) is 2. The van der Waals surface area contributed by atoms with Crippen LogP contribution in [0.4, 0.5) is 0 Å². The van der Waals surface area contributed by atoms with E-state index >= 15 is 0 Å². The molecule has 0 radical (unpaired) electrons. The Morgan fingerprint density at radius 2 is 2.05 bits per heavy atom. The zero-order valence-electron chi connectivity index (χ0n) is 12.6. The number of unbranched alkanes of at least 4 members (excludes halogenated alkanes) is 1. The van der Waals surface area contributed by atoms with Crippen molar-refractivity contribution in [2.75, 3.05) is 13.1 Å². The van der Waals surface area contributed by atoms with E-state index in [1.807, 2.05) is 12.3 Å². The first-order valence-corrected chi connectivity index (χ1v) is 9.60. The molecule has 4 nitrogen and oxygen atoms in total. The molecule has 0 fully saturated rings. The monoisotopic (exact) mass is 318 g/mol. The Balaban J connectivity index is 2.50. The van der Waals surface area contributed by atoms with Gasteiger partial charge >= 0.3 is 0 Å². The maximum absolute atomic E-state index is 12.2. The molecule has 1 aromatic heterocycles. The van der Waals surface area contributed by atoms with Gasteiger partial charge in [0.25, 0.3) is 0 Å². The van der Waals surface area contributed by atoms with Crippen LogP contribution in [-0.4, -0.2) is 21.5 Å². The predicted molar refractivity (Wildman–Crippen MR) is 85.6 cm³/mol. The number of thiophene rings is 1. The van der Waals surface area contributed by atoms with E-state index in [0.29, 0.717) is 23.9 Å². The summed E-state index contributed by atoms with van der Waals surface area (Å²) in [5.41, 5.74) is 0. The number of sulfonamides is 1. The highest BCUT2D eigenvalue weighted by molar-refractivity contribution is 7.89. The van der Waals surface area contributed by atoms with Crippen molar-refractivity contribution in [1.29, 1.82) is 0 Å². The maximum Gasteiger partial charge on any atom is 0.241 e. The summed E-state index contributed by atoms with van der Waals surface area (Å²) < 4.78 is 27.2. The van der Waals surface area contributed by atoms with E-state index in [1.165, 1.54) is 11.3 Å². The Kier molecular flexibility index (Phi) is 7.72. The van der Waals surface area contributed by atoms with Gasteiger partial charge in [0.15, 0.2) is 0 Å². The van der Waals surface area contributed by atoms with Crippen LogP contribution in [-0.2, 0) is 16.6 Å². The van der Waals surface area contributed by atoms with E-state index in [0.717, 1.165) is 30.7 Å². The van der Waals surface area contributed by atoms with E-state index in [4.69, 9.17) is 0 Å². The molecule has 20 heavy (non-hydrogen) atoms. The second-order valence-electron chi connectivity index (χ2n) is 5.28. The lowest BCUT2D eigenvalue weighted by Crippen LogP contribution is -2.26. The van der Waals surface area contributed by atoms with Crippen molar-refractivity contribution in [2.45, 2.75) is 51.5 Å². The minimum Gasteiger partial charge on any atom is -0.312 e. The lowest BCUT2D eigenvalue weighted by atomic mass is 10.1. The largest absolute Gasteiger partial charge is 0.312 e. The Bertz CT molecular complexity index is 481. The van der Waals surface area contributed by atoms with Gasteiger partial charge in [0, 0.05) is 18.0 Å². The molecule has 0 unspecified atom stereocenters. The summed E-state index contributed by atoms with van der Waals surface area (Å²) in [6, 6.07) is 1.69. The second kappa shape index (κ2) is 8.77. The molecule has 6 heteroatoms. The zero-order valence-corrected chi connectivity index (χ0v) is 14.2. The van der Waals surface area contributed by atoms with E-state index < -0.39 is 10.0 Å². The Morgan fingerprint density at radius 1 is 1.30 bits per heavy atom. The van der Waals surface area contributed by atoms with Gasteiger partial charge in [0.05, 0.1) is 4.90 Å². The summed E-state index contributed by atoms with van der Waals surface area (Å²) in [6.07, 6.45) is 3.10. The maximum atomic E-state index is 12.2. The van der Waals surface area contributed by atoms with E-state index in [9.17, 15) is 8.42 Å². The molecule has 0 amide bonds. The molecule has 0 saturated heterocycles. The van der Waals surface area contributed by atoms with Gasteiger partial charge in [0.1, 0.15) is 0 Å². The van der Waals surface area contributed by atoms with Crippen LogP contribution < -0.4 is 10.0 Å². The zero-order chi connectivity index (χ0) is 15.0. The number of rotatable bonds is 10. The van der Waals surface area contributed by atoms with Gasteiger partial charge < -0.3 is 5.32 Å². The van der Waals surface area contributed by atoms with Gasteiger partial charge in [-0.15, -0.1) is 11.3 Å². The second-order valence-corrected chi connectivity index (χ2v) is 8.01. The van der Waals surface area contributed by atoms with Crippen molar-refractivity contribution in [3.63, 3.8) is 0 Å². The molecule has 1 aromatic rings. The summed E-state index contributed by atoms with van der Waals surface area (Å²) >= 11 is 1.48. The summed E-state index contributed by atoms with van der Waals surface area (Å²) in [6.45, 7) is 8.34. The quantitative estimate of drug-likeness (QED) is 0.652. The standard InChI is InChI=1S/C14H26N2O2S2/c1-4-15-11-13-14(8-10-19-13)20(17,18)16-9-6-5-7-12(2)3/h8,10,12,15-16H,4-7,9,11H2,1-3H3. The van der Waals surface area contributed by atoms with Crippen LogP contribution in [0.5, 0.6) is 0 Å². The highest BCUT2D eigenvalue weighted by Gasteiger charge is 2.18. The van der Waals surface area contributed by atoms with Crippen LogP contribution in [0.3, 0.4) is 0 Å². The highest BCUT2D eigenvalue weighted by Crippen LogP contribution is 2.21. The molecule has 1 heterocycles. The van der Waals surface area contributed by atoms with Crippen LogP contribution in [0.15, 0.2) is 16.3 Å². The van der Waals surface area contributed by atoms with Crippen LogP contribution in [0, 0.1) is 5.92 Å². The van der Waals surface area contributed by atoms with Crippen LogP contribution >= 0.6 is 11.3 Å². The van der Waals surface area contributed by atoms with Crippen molar-refractivity contribution in [3.05, 3.63) is 16.3 Å². The third-order valence-corrected chi connectivity index (χ3v) is 5.63. The molecule has 2 N–H and O–H groups in total. The van der Waals surface area contributed by atoms with Crippen molar-refractivity contribution in [2.24, 2.45) is 5.92 Å². The van der Waals surface area contributed by atoms with Crippen molar-refractivity contribution in [3.8, 4) is 0 Å². The molecule has 0 aliphatic heterocycles. The first kappa shape index (κ1) is 17.6. The van der Waals surface area contributed by atoms with Crippen LogP contribution in [0.25, 0.3) is 0 Å². The van der Waals surface area contributed by atoms with Gasteiger partial charge in [-0.3, -0.25) is 0 Å². The van der Waals surface area contributed by atoms with Gasteiger partial charge in [-0.2, -0.15) is 0 Å². The summed E-state index contributed by atoms with van der Waals surface area (Å²) in [5.74, 6) is 0.676. The van der Waals surface area contributed by atoms with Gasteiger partial charge in [-0.1, -0.05) is 33.6 Å². The fourth-order valence-electron chi connectivity index (χ4n) is 1.90. The molecular formula is C14H26N2O2S2. The molecule has 0 saturated carbocycles. The molecule has 0 aromatic carbocycles. The van der Waals surface area contributed by atoms with E-state index in [2.05, 4.69) is 23.9 Å². The highest BCUT2D eigenvalue weighted by atomic mass is 32.2. The van der Waals surface area contributed by atoms with E-state index in [1.54, 1.807) is 6.07 Å². The Labute approximate surface area is 127 Å². The Morgan fingerprint density at radius 3 is 2.70 bits per heavy atom. The summed E-state index contributed by atoms with van der Waals surface area (Å²) in [4.78, 5) is 1.30. The molecule has 0 aliphatic rings. The van der Waals surface area contributed by atoms with Crippen LogP contribution in [0.1, 0.15) is 44.9 Å². The smallest absolute Gasteiger partial charge is 0.241 e. The average molecular weight is 319 g/mol. The first-order valence-electron chi connectivity index (χ1n) is 7.24. The molecule has 0 spiro atoms. The summed E-state index contributed by atoms with van der Waals surface area (Å²) in [7, 11) is -3.36. The fraction of sp³-hybridized carbons (Fsp3) is 0.714. The Hall–Kier alpha value is -0.430. The molecule has 116 valence electrons. The van der Waals surface area contributed by atoms with Gasteiger partial charge in [-0.25, -0.2) is 13.1 Å². The predicted octanol–water partition coefficient (Wildman–Crippen LogP) is 2.96. The van der Waals surface area contributed by atoms with Gasteiger partial charge in [-0.05, 0) is 30.3 Å². The summed E-state index contributed by atoms with van der Waals surface area (Å²) in [5, 5.41) is 5.00. The third kappa shape index (κ3) is 5.91. The molecule has 0 aliphatic carbocycles. The van der Waals surface area contributed by atoms with Crippen molar-refractivity contribution < 1.29 is 8.42 Å². The van der Waals surface area contributed by atoms with Crippen molar-refractivity contribution >= 4 is 21.4 Å². The number of hydrogen-bond donors (Lipinski definition) is 2. The average Bonchev–Trinajstić information content (AvgIpc) is 2.84. The molecule has 1 rings (SSSR count). The lowest BCUT2D eigenvalue weighted by molar-refractivity contribution is 0.530. The van der Waals surface area contributed by atoms with E-state index in [-0.39, 0.29) is 0 Å². The van der Waals surface area contributed by atoms with Gasteiger partial charge in [0.2, 0.25) is 10.0 Å². The fourth-order valence-corrected chi connectivity index (χ4v) is 4.38. The third-order valence-electron chi connectivity index (χ3n) is 3.03. The first-order chi connectivity index (χ1) is 9.47. The van der Waals surface area contributed by atoms with Crippen molar-refractivity contribution in [1.82, 2.24) is 10.0 Å². The van der Waals surface area contributed by atoms with Crippen LogP contribution in [0.2, 0.25) is 0 Å². The molecule has 0 atom stereocenters. The molecule has 0 bridgehead atoms. The SMILES string of the molecule is CCNCc1sccc1S(=O)(=O)NCCCCC(C)C. The minimum atomic E-state index is -3.36.